The topological polar surface area (TPSA) is 75.6 Å². The second-order valence-electron chi connectivity index (χ2n) is 2.13. The van der Waals surface area contributed by atoms with Gasteiger partial charge in [-0.2, -0.15) is 0 Å². The molecule has 0 fully saturated rings. The standard InChI is InChI=1S/C6H11BNO4/c1-12-6(11)2-5(3-9)8-7-4-10/h4-5,8-9H,2-3H2,1H3/t5-/m0/s1. The second kappa shape index (κ2) is 6.81. The Balaban J connectivity index is 3.66. The van der Waals surface area contributed by atoms with Crippen LogP contribution in [0.3, 0.4) is 0 Å². The van der Waals surface area contributed by atoms with Gasteiger partial charge in [-0.15, -0.1) is 0 Å². The van der Waals surface area contributed by atoms with Gasteiger partial charge in [0.2, 0.25) is 0 Å². The van der Waals surface area contributed by atoms with Gasteiger partial charge < -0.3 is 19.9 Å². The Labute approximate surface area is 71.4 Å². The van der Waals surface area contributed by atoms with E-state index in [1.54, 1.807) is 0 Å². The van der Waals surface area contributed by atoms with E-state index in [2.05, 4.69) is 9.96 Å². The quantitative estimate of drug-likeness (QED) is 0.284. The molecule has 0 rings (SSSR count). The van der Waals surface area contributed by atoms with Crippen molar-refractivity contribution < 1.29 is 19.4 Å². The van der Waals surface area contributed by atoms with Crippen LogP contribution < -0.4 is 5.23 Å². The van der Waals surface area contributed by atoms with E-state index in [-0.39, 0.29) is 13.0 Å². The molecule has 0 spiro atoms. The lowest BCUT2D eigenvalue weighted by molar-refractivity contribution is -0.141. The maximum absolute atomic E-state index is 10.7. The summed E-state index contributed by atoms with van der Waals surface area (Å²) in [6.45, 7) is -0.223. The first-order valence-corrected chi connectivity index (χ1v) is 3.45. The lowest BCUT2D eigenvalue weighted by Gasteiger charge is -2.11. The van der Waals surface area contributed by atoms with Crippen LogP contribution in [0.15, 0.2) is 0 Å². The Morgan fingerprint density at radius 1 is 1.83 bits per heavy atom. The van der Waals surface area contributed by atoms with E-state index in [1.165, 1.54) is 7.11 Å². The average molecular weight is 172 g/mol. The van der Waals surface area contributed by atoms with Crippen molar-refractivity contribution in [2.45, 2.75) is 12.5 Å². The fourth-order valence-corrected chi connectivity index (χ4v) is 0.636. The molecule has 0 aliphatic rings. The maximum Gasteiger partial charge on any atom is 0.307 e. The lowest BCUT2D eigenvalue weighted by Crippen LogP contribution is -2.38. The van der Waals surface area contributed by atoms with Gasteiger partial charge in [-0.1, -0.05) is 0 Å². The van der Waals surface area contributed by atoms with Gasteiger partial charge in [0.25, 0.3) is 7.41 Å². The van der Waals surface area contributed by atoms with Gasteiger partial charge in [0.15, 0.2) is 0 Å². The number of hydrogen-bond acceptors (Lipinski definition) is 5. The van der Waals surface area contributed by atoms with Crippen LogP contribution >= 0.6 is 0 Å². The van der Waals surface area contributed by atoms with Gasteiger partial charge in [0.05, 0.1) is 26.3 Å². The number of aliphatic hydroxyl groups is 1. The van der Waals surface area contributed by atoms with Gasteiger partial charge >= 0.3 is 5.97 Å². The maximum atomic E-state index is 10.7. The molecule has 0 amide bonds. The Hall–Kier alpha value is -0.875. The van der Waals surface area contributed by atoms with Crippen molar-refractivity contribution in [1.82, 2.24) is 5.23 Å². The molecule has 12 heavy (non-hydrogen) atoms. The highest BCUT2D eigenvalue weighted by Gasteiger charge is 2.11. The SMILES string of the molecule is COC(=O)C[C@@H](CO)N[B]C=O. The molecule has 0 unspecified atom stereocenters. The predicted octanol–water partition coefficient (Wildman–Crippen LogP) is -1.69. The Kier molecular flexibility index (Phi) is 6.31. The summed E-state index contributed by atoms with van der Waals surface area (Å²) in [4.78, 5) is 20.5. The van der Waals surface area contributed by atoms with Gasteiger partial charge in [-0.05, 0) is 0 Å². The smallest absolute Gasteiger partial charge is 0.307 e. The number of hydrogen-bond donors (Lipinski definition) is 2. The molecule has 0 saturated carbocycles. The summed E-state index contributed by atoms with van der Waals surface area (Å²) in [5, 5.41) is 11.2. The van der Waals surface area contributed by atoms with E-state index >= 15 is 0 Å². The van der Waals surface area contributed by atoms with Gasteiger partial charge in [0, 0.05) is 6.04 Å². The zero-order chi connectivity index (χ0) is 9.40. The monoisotopic (exact) mass is 172 g/mol. The van der Waals surface area contributed by atoms with E-state index in [0.717, 1.165) is 7.41 Å². The van der Waals surface area contributed by atoms with Crippen molar-refractivity contribution in [2.24, 2.45) is 0 Å². The van der Waals surface area contributed by atoms with Crippen molar-refractivity contribution in [3.63, 3.8) is 0 Å². The third-order valence-corrected chi connectivity index (χ3v) is 1.26. The third kappa shape index (κ3) is 4.87. The number of rotatable bonds is 6. The first-order valence-electron chi connectivity index (χ1n) is 3.45. The summed E-state index contributed by atoms with van der Waals surface area (Å²) >= 11 is 0. The van der Waals surface area contributed by atoms with Crippen LogP contribution in [-0.2, 0) is 14.3 Å². The molecule has 0 aromatic rings. The van der Waals surface area contributed by atoms with Gasteiger partial charge in [-0.3, -0.25) is 4.79 Å². The average Bonchev–Trinajstić information content (AvgIpc) is 2.11. The number of carbonyl (C=O) groups excluding carboxylic acids is 2. The van der Waals surface area contributed by atoms with E-state index in [9.17, 15) is 9.59 Å². The zero-order valence-corrected chi connectivity index (χ0v) is 6.82. The number of nitrogens with one attached hydrogen (secondary N) is 1. The highest BCUT2D eigenvalue weighted by atomic mass is 16.5. The molecule has 5 nitrogen and oxygen atoms in total. The number of methoxy groups -OCH3 is 1. The van der Waals surface area contributed by atoms with Crippen LogP contribution in [-0.4, -0.2) is 44.4 Å². The van der Waals surface area contributed by atoms with Crippen LogP contribution in [0, 0.1) is 0 Å². The second-order valence-corrected chi connectivity index (χ2v) is 2.13. The number of esters is 1. The Morgan fingerprint density at radius 3 is 2.92 bits per heavy atom. The molecule has 0 aromatic heterocycles. The fraction of sp³-hybridized carbons (Fsp3) is 0.667. The zero-order valence-electron chi connectivity index (χ0n) is 6.82. The van der Waals surface area contributed by atoms with Crippen LogP contribution in [0.5, 0.6) is 0 Å². The van der Waals surface area contributed by atoms with Crippen molar-refractivity contribution in [1.29, 1.82) is 0 Å². The molecule has 1 atom stereocenters. The Bertz CT molecular complexity index is 152. The molecular weight excluding hydrogens is 161 g/mol. The summed E-state index contributed by atoms with van der Waals surface area (Å²) in [5.41, 5.74) is 0. The van der Waals surface area contributed by atoms with Crippen LogP contribution in [0.25, 0.3) is 0 Å². The van der Waals surface area contributed by atoms with E-state index < -0.39 is 12.0 Å². The highest BCUT2D eigenvalue weighted by Crippen LogP contribution is 1.91. The third-order valence-electron chi connectivity index (χ3n) is 1.26. The van der Waals surface area contributed by atoms with E-state index in [4.69, 9.17) is 5.11 Å². The minimum absolute atomic E-state index is 0.0390. The molecule has 2 N–H and O–H groups in total. The van der Waals surface area contributed by atoms with Crippen molar-refractivity contribution >= 4 is 19.6 Å². The molecular formula is C6H11BNO4. The molecule has 0 aliphatic carbocycles. The van der Waals surface area contributed by atoms with Gasteiger partial charge in [-0.25, -0.2) is 0 Å². The van der Waals surface area contributed by atoms with Gasteiger partial charge in [0.1, 0.15) is 0 Å². The summed E-state index contributed by atoms with van der Waals surface area (Å²) in [6, 6.07) is -0.456. The van der Waals surface area contributed by atoms with E-state index in [1.807, 2.05) is 0 Å². The summed E-state index contributed by atoms with van der Waals surface area (Å²) < 4.78 is 4.37. The molecule has 6 heteroatoms. The first kappa shape index (κ1) is 11.1. The number of aliphatic hydroxyl groups excluding tert-OH is 1. The molecule has 0 bridgehead atoms. The molecule has 1 radical (unpaired) electrons. The minimum atomic E-state index is -0.456. The number of carbonyl (C=O) groups is 2. The summed E-state index contributed by atoms with van der Waals surface area (Å²) in [6.07, 6.45) is 0.581. The molecule has 0 aromatic carbocycles. The van der Waals surface area contributed by atoms with Crippen LogP contribution in [0.1, 0.15) is 6.42 Å². The summed E-state index contributed by atoms with van der Waals surface area (Å²) in [7, 11) is 2.39. The largest absolute Gasteiger partial charge is 0.469 e. The normalized spacial score (nSPS) is 11.8. The lowest BCUT2D eigenvalue weighted by atomic mass is 9.96. The Morgan fingerprint density at radius 2 is 2.50 bits per heavy atom. The highest BCUT2D eigenvalue weighted by molar-refractivity contribution is 6.64. The van der Waals surface area contributed by atoms with Crippen molar-refractivity contribution in [3.8, 4) is 0 Å². The van der Waals surface area contributed by atoms with Crippen molar-refractivity contribution in [2.75, 3.05) is 13.7 Å². The first-order chi connectivity index (χ1) is 5.74. The van der Waals surface area contributed by atoms with Crippen LogP contribution in [0.2, 0.25) is 0 Å². The minimum Gasteiger partial charge on any atom is -0.469 e. The molecule has 0 saturated heterocycles. The van der Waals surface area contributed by atoms with E-state index in [0.29, 0.717) is 6.19 Å². The molecule has 67 valence electrons. The molecule has 0 heterocycles. The van der Waals surface area contributed by atoms with Crippen LogP contribution in [0.4, 0.5) is 0 Å². The number of ether oxygens (including phenoxy) is 1. The molecule has 0 aliphatic heterocycles. The fourth-order valence-electron chi connectivity index (χ4n) is 0.636. The summed E-state index contributed by atoms with van der Waals surface area (Å²) in [5.74, 6) is -0.430. The predicted molar refractivity (Wildman–Crippen MR) is 43.1 cm³/mol. The van der Waals surface area contributed by atoms with Crippen molar-refractivity contribution in [3.05, 3.63) is 0 Å².